The molecule has 48 heavy (non-hydrogen) atoms. The third-order valence-electron chi connectivity index (χ3n) is 3.45. The third-order valence-corrected chi connectivity index (χ3v) is 3.45. The number of nitrogens with zero attached hydrogens (tertiary/aromatic N) is 9. The smallest absolute Gasteiger partial charge is 0.164 e. The SMILES string of the molecule is N.N.N.N.N.N.O=[N+]([O-])[O-].O=[N+]([O-])[O-].O=[N+]([O-])[O-].[Cl][Pt+].[Cl][Pt+].[Cl][Pt+].c1cc(-c2nc(-c3ccncc3)nc(-c3ccncc3)n2)ccn1. The fourth-order valence-corrected chi connectivity index (χ4v) is 2.27. The molecule has 24 nitrogen and oxygen atoms in total. The van der Waals surface area contributed by atoms with Crippen LogP contribution < -0.4 is 36.9 Å². The van der Waals surface area contributed by atoms with Crippen molar-refractivity contribution >= 4 is 28.3 Å². The molecule has 4 rings (SSSR count). The summed E-state index contributed by atoms with van der Waals surface area (Å²) >= 11 is 4.83. The standard InChI is InChI=1S/C18H12N6.3ClH.3NO3.6H3N.3Pt/c1-7-19-8-2-13(1)16-22-17(14-3-9-20-10-4-14)24-18(23-16)15-5-11-21-12-6-15;;;;3*2-1(3)4;;;;;;;;;/h1-12H;3*1H;;;;6*1H3;;;/q;;;;3*-1;;;;;;;3*+2/p-3. The summed E-state index contributed by atoms with van der Waals surface area (Å²) in [7, 11) is 13.8. The number of pyridine rings is 3. The first-order valence-electron chi connectivity index (χ1n) is 9.37. The Labute approximate surface area is 318 Å². The average molecular weight is 1290 g/mol. The van der Waals surface area contributed by atoms with Gasteiger partial charge in [0.05, 0.1) is 15.3 Å². The molecule has 0 amide bonds. The Hall–Kier alpha value is -3.25. The van der Waals surface area contributed by atoms with Crippen LogP contribution in [0.5, 0.6) is 0 Å². The maximum atomic E-state index is 8.25. The van der Waals surface area contributed by atoms with Crippen LogP contribution in [-0.2, 0) is 56.3 Å². The summed E-state index contributed by atoms with van der Waals surface area (Å²) in [6.45, 7) is 0. The van der Waals surface area contributed by atoms with E-state index in [0.29, 0.717) is 17.5 Å². The first-order valence-corrected chi connectivity index (χ1v) is 17.8. The van der Waals surface area contributed by atoms with Crippen molar-refractivity contribution in [3.63, 3.8) is 0 Å². The van der Waals surface area contributed by atoms with E-state index in [0.717, 1.165) is 16.7 Å². The second-order valence-electron chi connectivity index (χ2n) is 5.68. The maximum Gasteiger partial charge on any atom is 0.164 e. The van der Waals surface area contributed by atoms with Gasteiger partial charge in [0.25, 0.3) is 0 Å². The van der Waals surface area contributed by atoms with Crippen LogP contribution in [0.4, 0.5) is 0 Å². The van der Waals surface area contributed by atoms with Crippen LogP contribution in [0, 0.1) is 46.0 Å². The Balaban J connectivity index is -0.0000000777. The maximum absolute atomic E-state index is 8.25. The van der Waals surface area contributed by atoms with Gasteiger partial charge in [0.1, 0.15) is 0 Å². The van der Waals surface area contributed by atoms with Gasteiger partial charge in [-0.15, -0.1) is 0 Å². The van der Waals surface area contributed by atoms with Crippen LogP contribution in [0.2, 0.25) is 0 Å². The third kappa shape index (κ3) is 37.2. The van der Waals surface area contributed by atoms with E-state index < -0.39 is 15.3 Å². The molecule has 4 aromatic heterocycles. The minimum Gasteiger partial charge on any atom is -0.265 e. The van der Waals surface area contributed by atoms with E-state index >= 15 is 0 Å². The first kappa shape index (κ1) is 67.0. The van der Waals surface area contributed by atoms with Gasteiger partial charge < -0.3 is 82.9 Å². The average Bonchev–Trinajstić information content (AvgIpc) is 3.00. The molecule has 0 unspecified atom stereocenters. The largest absolute Gasteiger partial charge is 0.265 e. The summed E-state index contributed by atoms with van der Waals surface area (Å²) in [5.74, 6) is 1.81. The van der Waals surface area contributed by atoms with Crippen molar-refractivity contribution in [2.24, 2.45) is 0 Å². The molecular weight excluding hydrogens is 1260 g/mol. The second-order valence-corrected chi connectivity index (χ2v) is 5.68. The molecule has 0 bridgehead atoms. The Morgan fingerprint density at radius 3 is 0.646 bits per heavy atom. The van der Waals surface area contributed by atoms with Gasteiger partial charge in [-0.25, -0.2) is 15.0 Å². The zero-order chi connectivity index (χ0) is 32.9. The van der Waals surface area contributed by atoms with E-state index in [4.69, 9.17) is 46.0 Å². The molecule has 0 saturated carbocycles. The Morgan fingerprint density at radius 2 is 0.521 bits per heavy atom. The van der Waals surface area contributed by atoms with Gasteiger partial charge >= 0.3 is 84.6 Å². The molecule has 0 radical (unpaired) electrons. The van der Waals surface area contributed by atoms with Crippen molar-refractivity contribution in [2.75, 3.05) is 0 Å². The second kappa shape index (κ2) is 45.9. The first-order chi connectivity index (χ1) is 20.1. The fraction of sp³-hybridized carbons (Fsp3) is 0. The monoisotopic (exact) mass is 1290 g/mol. The predicted molar refractivity (Wildman–Crippen MR) is 168 cm³/mol. The molecule has 0 spiro atoms. The van der Waals surface area contributed by atoms with Gasteiger partial charge in [-0.1, -0.05) is 0 Å². The summed E-state index contributed by atoms with van der Waals surface area (Å²) in [5.41, 5.74) is 2.66. The molecule has 18 N–H and O–H groups in total. The van der Waals surface area contributed by atoms with Crippen molar-refractivity contribution in [1.82, 2.24) is 66.8 Å². The van der Waals surface area contributed by atoms with Crippen molar-refractivity contribution in [3.05, 3.63) is 120 Å². The van der Waals surface area contributed by atoms with Crippen LogP contribution >= 0.6 is 28.3 Å². The van der Waals surface area contributed by atoms with E-state index in [9.17, 15) is 0 Å². The van der Waals surface area contributed by atoms with Gasteiger partial charge in [-0.2, -0.15) is 0 Å². The van der Waals surface area contributed by atoms with Gasteiger partial charge in [0, 0.05) is 53.9 Å². The van der Waals surface area contributed by atoms with Gasteiger partial charge in [0.2, 0.25) is 0 Å². The molecule has 0 atom stereocenters. The molecule has 282 valence electrons. The number of hydrogen-bond acceptors (Lipinski definition) is 21. The quantitative estimate of drug-likeness (QED) is 0.111. The minimum atomic E-state index is -1.75. The van der Waals surface area contributed by atoms with E-state index in [1.807, 2.05) is 36.4 Å². The number of rotatable bonds is 3. The van der Waals surface area contributed by atoms with E-state index in [1.165, 1.54) is 0 Å². The van der Waals surface area contributed by atoms with Crippen LogP contribution in [-0.4, -0.2) is 45.2 Å². The van der Waals surface area contributed by atoms with E-state index in [2.05, 4.69) is 58.2 Å². The summed E-state index contributed by atoms with van der Waals surface area (Å²) < 4.78 is 0. The van der Waals surface area contributed by atoms with Gasteiger partial charge in [-0.05, 0) is 36.4 Å². The summed E-state index contributed by atoms with van der Waals surface area (Å²) in [6.07, 6.45) is 10.3. The molecule has 0 aromatic carbocycles. The zero-order valence-corrected chi connectivity index (χ0v) is 33.0. The molecule has 0 fully saturated rings. The molecule has 0 aliphatic carbocycles. The van der Waals surface area contributed by atoms with E-state index in [1.54, 1.807) is 93.5 Å². The molecular formula is C18H30Cl3N15O9Pt3. The van der Waals surface area contributed by atoms with Crippen molar-refractivity contribution < 1.29 is 71.6 Å². The molecule has 4 aromatic rings. The van der Waals surface area contributed by atoms with Crippen LogP contribution in [0.3, 0.4) is 0 Å². The van der Waals surface area contributed by atoms with Crippen LogP contribution in [0.15, 0.2) is 73.6 Å². The van der Waals surface area contributed by atoms with Crippen molar-refractivity contribution in [1.29, 1.82) is 0 Å². The Kier molecular flexibility index (Phi) is 64.1. The number of hydrogen-bond donors (Lipinski definition) is 6. The molecule has 4 heterocycles. The van der Waals surface area contributed by atoms with Gasteiger partial charge in [0.15, 0.2) is 17.5 Å². The molecule has 30 heteroatoms. The Bertz CT molecular complexity index is 1110. The topological polar surface area (TPSA) is 486 Å². The summed E-state index contributed by atoms with van der Waals surface area (Å²) in [4.78, 5) is 50.7. The van der Waals surface area contributed by atoms with Crippen LogP contribution in [0.1, 0.15) is 0 Å². The number of halogens is 3. The Morgan fingerprint density at radius 1 is 0.396 bits per heavy atom. The molecule has 0 saturated heterocycles. The summed E-state index contributed by atoms with van der Waals surface area (Å²) in [6, 6.07) is 11.3. The molecule has 0 aliphatic heterocycles. The van der Waals surface area contributed by atoms with Gasteiger partial charge in [-0.3, -0.25) is 15.0 Å². The number of aromatic nitrogens is 6. The van der Waals surface area contributed by atoms with E-state index in [-0.39, 0.29) is 36.9 Å². The summed E-state index contributed by atoms with van der Waals surface area (Å²) in [5, 5.41) is 44.2. The van der Waals surface area contributed by atoms with Crippen molar-refractivity contribution in [3.8, 4) is 34.2 Å². The normalized spacial score (nSPS) is 7.19. The van der Waals surface area contributed by atoms with Crippen molar-refractivity contribution in [2.45, 2.75) is 0 Å². The van der Waals surface area contributed by atoms with Crippen LogP contribution in [0.25, 0.3) is 34.2 Å². The predicted octanol–water partition coefficient (Wildman–Crippen LogP) is 5.37. The fourth-order valence-electron chi connectivity index (χ4n) is 2.27. The molecule has 0 aliphatic rings. The zero-order valence-electron chi connectivity index (χ0n) is 24.0. The minimum absolute atomic E-state index is 0.